The van der Waals surface area contributed by atoms with Crippen LogP contribution in [0.4, 0.5) is 10.1 Å². The van der Waals surface area contributed by atoms with E-state index in [0.717, 1.165) is 11.6 Å². The van der Waals surface area contributed by atoms with Crippen LogP contribution in [0.1, 0.15) is 15.9 Å². The number of hydrogen-bond donors (Lipinski definition) is 2. The maximum atomic E-state index is 13.7. The van der Waals surface area contributed by atoms with Gasteiger partial charge in [0.1, 0.15) is 5.82 Å². The molecule has 0 aromatic heterocycles. The van der Waals surface area contributed by atoms with E-state index >= 15 is 0 Å². The van der Waals surface area contributed by atoms with Gasteiger partial charge in [-0.15, -0.1) is 0 Å². The third kappa shape index (κ3) is 3.35. The molecule has 2 aromatic carbocycles. The summed E-state index contributed by atoms with van der Waals surface area (Å²) in [7, 11) is 0. The molecule has 0 saturated heterocycles. The Balaban J connectivity index is 2.24. The first kappa shape index (κ1) is 14.5. The lowest BCUT2D eigenvalue weighted by Gasteiger charge is -2.10. The summed E-state index contributed by atoms with van der Waals surface area (Å²) in [6.45, 7) is 0.444. The van der Waals surface area contributed by atoms with Crippen LogP contribution in [0, 0.1) is 5.82 Å². The van der Waals surface area contributed by atoms with Gasteiger partial charge in [-0.1, -0.05) is 29.8 Å². The molecule has 3 N–H and O–H groups in total. The van der Waals surface area contributed by atoms with Crippen LogP contribution in [0.25, 0.3) is 0 Å². The molecule has 104 valence electrons. The van der Waals surface area contributed by atoms with Crippen LogP contribution < -0.4 is 11.1 Å². The lowest BCUT2D eigenvalue weighted by molar-refractivity contribution is 0.102. The number of carbonyl (C=O) groups excluding carboxylic acids is 1. The van der Waals surface area contributed by atoms with E-state index in [-0.39, 0.29) is 16.6 Å². The predicted octanol–water partition coefficient (Wildman–Crippen LogP) is 3.23. The van der Waals surface area contributed by atoms with Crippen molar-refractivity contribution in [1.82, 2.24) is 0 Å². The van der Waals surface area contributed by atoms with E-state index in [9.17, 15) is 9.18 Å². The van der Waals surface area contributed by atoms with E-state index in [0.29, 0.717) is 18.5 Å². The highest BCUT2D eigenvalue weighted by Gasteiger charge is 2.12. The van der Waals surface area contributed by atoms with Crippen LogP contribution in [-0.4, -0.2) is 12.5 Å². The normalized spacial score (nSPS) is 10.3. The molecule has 0 bridgehead atoms. The van der Waals surface area contributed by atoms with E-state index in [2.05, 4.69) is 5.32 Å². The van der Waals surface area contributed by atoms with Crippen molar-refractivity contribution in [3.8, 4) is 0 Å². The summed E-state index contributed by atoms with van der Waals surface area (Å²) in [4.78, 5) is 12.2. The standard InChI is InChI=1S/C15H14ClFN2O/c16-11-5-6-14(13(17)9-11)19-15(20)12-4-2-1-3-10(12)7-8-18/h1-6,9H,7-8,18H2,(H,19,20). The van der Waals surface area contributed by atoms with Crippen molar-refractivity contribution in [2.45, 2.75) is 6.42 Å². The maximum absolute atomic E-state index is 13.7. The van der Waals surface area contributed by atoms with Gasteiger partial charge in [0.15, 0.2) is 0 Å². The summed E-state index contributed by atoms with van der Waals surface area (Å²) in [5.41, 5.74) is 6.94. The molecule has 0 saturated carbocycles. The lowest BCUT2D eigenvalue weighted by Crippen LogP contribution is -2.16. The van der Waals surface area contributed by atoms with Gasteiger partial charge in [-0.05, 0) is 42.8 Å². The fraction of sp³-hybridized carbons (Fsp3) is 0.133. The van der Waals surface area contributed by atoms with Crippen LogP contribution in [0.5, 0.6) is 0 Å². The molecule has 0 radical (unpaired) electrons. The Kier molecular flexibility index (Phi) is 4.71. The third-order valence-electron chi connectivity index (χ3n) is 2.85. The van der Waals surface area contributed by atoms with Crippen molar-refractivity contribution in [3.63, 3.8) is 0 Å². The molecule has 1 amide bonds. The summed E-state index contributed by atoms with van der Waals surface area (Å²) >= 11 is 5.67. The topological polar surface area (TPSA) is 55.1 Å². The van der Waals surface area contributed by atoms with Gasteiger partial charge in [0.05, 0.1) is 5.69 Å². The van der Waals surface area contributed by atoms with Gasteiger partial charge in [0.25, 0.3) is 5.91 Å². The second kappa shape index (κ2) is 6.50. The number of anilines is 1. The Morgan fingerprint density at radius 2 is 2.00 bits per heavy atom. The number of benzene rings is 2. The maximum Gasteiger partial charge on any atom is 0.256 e. The molecule has 0 aliphatic carbocycles. The molecule has 0 fully saturated rings. The summed E-state index contributed by atoms with van der Waals surface area (Å²) in [5.74, 6) is -0.933. The average molecular weight is 293 g/mol. The first-order chi connectivity index (χ1) is 9.61. The fourth-order valence-electron chi connectivity index (χ4n) is 1.90. The fourth-order valence-corrected chi connectivity index (χ4v) is 2.05. The van der Waals surface area contributed by atoms with Gasteiger partial charge >= 0.3 is 0 Å². The Morgan fingerprint density at radius 1 is 1.25 bits per heavy atom. The first-order valence-electron chi connectivity index (χ1n) is 6.16. The molecule has 2 rings (SSSR count). The zero-order valence-electron chi connectivity index (χ0n) is 10.7. The third-order valence-corrected chi connectivity index (χ3v) is 3.09. The summed E-state index contributed by atoms with van der Waals surface area (Å²) < 4.78 is 13.7. The number of rotatable bonds is 4. The summed E-state index contributed by atoms with van der Waals surface area (Å²) in [6.07, 6.45) is 0.590. The molecule has 0 aliphatic heterocycles. The first-order valence-corrected chi connectivity index (χ1v) is 6.54. The lowest BCUT2D eigenvalue weighted by atomic mass is 10.0. The van der Waals surface area contributed by atoms with Crippen LogP contribution in [-0.2, 0) is 6.42 Å². The monoisotopic (exact) mass is 292 g/mol. The summed E-state index contributed by atoms with van der Waals surface area (Å²) in [5, 5.41) is 2.82. The van der Waals surface area contributed by atoms with E-state index < -0.39 is 5.82 Å². The minimum atomic E-state index is -0.567. The smallest absolute Gasteiger partial charge is 0.256 e. The van der Waals surface area contributed by atoms with Gasteiger partial charge in [0, 0.05) is 10.6 Å². The van der Waals surface area contributed by atoms with Crippen molar-refractivity contribution in [3.05, 3.63) is 64.4 Å². The number of amides is 1. The largest absolute Gasteiger partial charge is 0.330 e. The Hall–Kier alpha value is -1.91. The van der Waals surface area contributed by atoms with Crippen molar-refractivity contribution in [2.75, 3.05) is 11.9 Å². The van der Waals surface area contributed by atoms with Gasteiger partial charge in [-0.2, -0.15) is 0 Å². The highest BCUT2D eigenvalue weighted by molar-refractivity contribution is 6.30. The zero-order valence-corrected chi connectivity index (χ0v) is 11.5. The van der Waals surface area contributed by atoms with Crippen LogP contribution >= 0.6 is 11.6 Å². The van der Waals surface area contributed by atoms with Gasteiger partial charge in [-0.25, -0.2) is 4.39 Å². The molecule has 0 spiro atoms. The molecular formula is C15H14ClFN2O. The molecule has 0 aliphatic rings. The van der Waals surface area contributed by atoms with Crippen molar-refractivity contribution < 1.29 is 9.18 Å². The van der Waals surface area contributed by atoms with Crippen LogP contribution in [0.3, 0.4) is 0 Å². The van der Waals surface area contributed by atoms with E-state index in [1.165, 1.54) is 12.1 Å². The van der Waals surface area contributed by atoms with Gasteiger partial charge < -0.3 is 11.1 Å². The minimum absolute atomic E-state index is 0.0990. The molecule has 2 aromatic rings. The van der Waals surface area contributed by atoms with E-state index in [1.807, 2.05) is 12.1 Å². The number of hydrogen-bond acceptors (Lipinski definition) is 2. The number of carbonyl (C=O) groups is 1. The predicted molar refractivity (Wildman–Crippen MR) is 78.6 cm³/mol. The average Bonchev–Trinajstić information content (AvgIpc) is 2.43. The van der Waals surface area contributed by atoms with Crippen molar-refractivity contribution >= 4 is 23.2 Å². The van der Waals surface area contributed by atoms with Gasteiger partial charge in [-0.3, -0.25) is 4.79 Å². The van der Waals surface area contributed by atoms with E-state index in [1.54, 1.807) is 12.1 Å². The highest BCUT2D eigenvalue weighted by Crippen LogP contribution is 2.20. The quantitative estimate of drug-likeness (QED) is 0.909. The van der Waals surface area contributed by atoms with Crippen molar-refractivity contribution in [2.24, 2.45) is 5.73 Å². The second-order valence-corrected chi connectivity index (χ2v) is 4.71. The Morgan fingerprint density at radius 3 is 2.70 bits per heavy atom. The van der Waals surface area contributed by atoms with Crippen LogP contribution in [0.15, 0.2) is 42.5 Å². The van der Waals surface area contributed by atoms with Crippen LogP contribution in [0.2, 0.25) is 5.02 Å². The molecule has 3 nitrogen and oxygen atoms in total. The highest BCUT2D eigenvalue weighted by atomic mass is 35.5. The summed E-state index contributed by atoms with van der Waals surface area (Å²) in [6, 6.07) is 11.2. The second-order valence-electron chi connectivity index (χ2n) is 4.27. The molecular weight excluding hydrogens is 279 g/mol. The van der Waals surface area contributed by atoms with E-state index in [4.69, 9.17) is 17.3 Å². The Labute approximate surface area is 121 Å². The molecule has 0 unspecified atom stereocenters. The SMILES string of the molecule is NCCc1ccccc1C(=O)Nc1ccc(Cl)cc1F. The zero-order chi connectivity index (χ0) is 14.5. The van der Waals surface area contributed by atoms with Gasteiger partial charge in [0.2, 0.25) is 0 Å². The number of halogens is 2. The molecule has 20 heavy (non-hydrogen) atoms. The molecule has 0 atom stereocenters. The Bertz CT molecular complexity index is 631. The van der Waals surface area contributed by atoms with Crippen molar-refractivity contribution in [1.29, 1.82) is 0 Å². The molecule has 5 heteroatoms. The number of nitrogens with one attached hydrogen (secondary N) is 1. The molecule has 0 heterocycles. The number of nitrogens with two attached hydrogens (primary N) is 1. The minimum Gasteiger partial charge on any atom is -0.330 e.